The van der Waals surface area contributed by atoms with E-state index < -0.39 is 5.54 Å². The third-order valence-electron chi connectivity index (χ3n) is 5.95. The molecule has 1 N–H and O–H groups in total. The molecule has 1 atom stereocenters. The van der Waals surface area contributed by atoms with Crippen LogP contribution >= 0.6 is 11.3 Å². The van der Waals surface area contributed by atoms with Crippen LogP contribution in [-0.2, 0) is 17.9 Å². The molecule has 5 nitrogen and oxygen atoms in total. The van der Waals surface area contributed by atoms with E-state index >= 15 is 0 Å². The predicted molar refractivity (Wildman–Crippen MR) is 106 cm³/mol. The molecule has 3 heterocycles. The molecule has 2 saturated heterocycles. The second kappa shape index (κ2) is 7.64. The first-order valence-corrected chi connectivity index (χ1v) is 10.5. The lowest BCUT2D eigenvalue weighted by Gasteiger charge is -2.39. The summed E-state index contributed by atoms with van der Waals surface area (Å²) in [5.41, 5.74) is 1.22. The number of carbonyl (C=O) groups excluding carboxylic acids is 2. The lowest BCUT2D eigenvalue weighted by Crippen LogP contribution is -2.53. The van der Waals surface area contributed by atoms with Crippen LogP contribution in [0.25, 0.3) is 0 Å². The van der Waals surface area contributed by atoms with Gasteiger partial charge >= 0.3 is 6.03 Å². The molecule has 148 valence electrons. The summed E-state index contributed by atoms with van der Waals surface area (Å²) < 4.78 is 13.1. The fourth-order valence-electron chi connectivity index (χ4n) is 4.22. The topological polar surface area (TPSA) is 52.7 Å². The van der Waals surface area contributed by atoms with Crippen molar-refractivity contribution >= 4 is 23.3 Å². The van der Waals surface area contributed by atoms with Crippen molar-refractivity contribution in [2.24, 2.45) is 5.92 Å². The van der Waals surface area contributed by atoms with Crippen LogP contribution in [-0.4, -0.2) is 40.4 Å². The van der Waals surface area contributed by atoms with Gasteiger partial charge in [0.15, 0.2) is 0 Å². The fraction of sp³-hybridized carbons (Fsp3) is 0.429. The summed E-state index contributed by atoms with van der Waals surface area (Å²) in [4.78, 5) is 29.2. The number of piperidine rings is 1. The minimum absolute atomic E-state index is 0.112. The van der Waals surface area contributed by atoms with Gasteiger partial charge in [0.1, 0.15) is 11.4 Å². The molecule has 0 saturated carbocycles. The van der Waals surface area contributed by atoms with Crippen LogP contribution in [0.15, 0.2) is 41.1 Å². The maximum absolute atomic E-state index is 13.1. The number of rotatable bonds is 5. The Morgan fingerprint density at radius 2 is 1.82 bits per heavy atom. The number of hydrogen-bond donors (Lipinski definition) is 1. The van der Waals surface area contributed by atoms with Gasteiger partial charge in [-0.25, -0.2) is 9.18 Å². The molecule has 2 aliphatic heterocycles. The van der Waals surface area contributed by atoms with Crippen molar-refractivity contribution < 1.29 is 14.0 Å². The highest BCUT2D eigenvalue weighted by molar-refractivity contribution is 7.07. The van der Waals surface area contributed by atoms with Crippen LogP contribution in [0.5, 0.6) is 0 Å². The summed E-state index contributed by atoms with van der Waals surface area (Å²) >= 11 is 1.56. The second-order valence-electron chi connectivity index (χ2n) is 7.83. The number of benzene rings is 1. The van der Waals surface area contributed by atoms with Crippen LogP contribution < -0.4 is 5.32 Å². The minimum Gasteiger partial charge on any atom is -0.323 e. The predicted octanol–water partition coefficient (Wildman–Crippen LogP) is 3.61. The van der Waals surface area contributed by atoms with Gasteiger partial charge in [-0.2, -0.15) is 11.3 Å². The lowest BCUT2D eigenvalue weighted by atomic mass is 9.79. The summed E-state index contributed by atoms with van der Waals surface area (Å²) in [5, 5.41) is 6.87. The highest BCUT2D eigenvalue weighted by Gasteiger charge is 2.52. The van der Waals surface area contributed by atoms with E-state index in [4.69, 9.17) is 0 Å². The van der Waals surface area contributed by atoms with Crippen LogP contribution in [0, 0.1) is 11.7 Å². The van der Waals surface area contributed by atoms with E-state index in [2.05, 4.69) is 10.2 Å². The fourth-order valence-corrected chi connectivity index (χ4v) is 4.88. The number of hydrogen-bond acceptors (Lipinski definition) is 4. The molecule has 0 radical (unpaired) electrons. The molecular weight excluding hydrogens is 377 g/mol. The van der Waals surface area contributed by atoms with Crippen molar-refractivity contribution in [2.75, 3.05) is 13.1 Å². The molecule has 2 aromatic rings. The first kappa shape index (κ1) is 19.1. The van der Waals surface area contributed by atoms with Crippen LogP contribution in [0.1, 0.15) is 30.9 Å². The van der Waals surface area contributed by atoms with Gasteiger partial charge in [0, 0.05) is 6.54 Å². The zero-order chi connectivity index (χ0) is 19.7. The standard InChI is InChI=1S/C21H24FN3O2S/c1-21(19(26)25(20(27)23-21)13-16-8-11-28-14-16)17-6-9-24(10-7-17)12-15-2-4-18(22)5-3-15/h2-5,8,11,14,17H,6-7,9-10,12-13H2,1H3,(H,23,27). The third kappa shape index (κ3) is 3.69. The Kier molecular flexibility index (Phi) is 5.21. The van der Waals surface area contributed by atoms with Crippen LogP contribution in [0.4, 0.5) is 9.18 Å². The third-order valence-corrected chi connectivity index (χ3v) is 6.68. The number of imide groups is 1. The average Bonchev–Trinajstić information content (AvgIpc) is 3.27. The van der Waals surface area contributed by atoms with Crippen LogP contribution in [0.2, 0.25) is 0 Å². The highest BCUT2D eigenvalue weighted by Crippen LogP contribution is 2.34. The molecule has 1 aromatic heterocycles. The number of urea groups is 1. The molecule has 3 amide bonds. The number of thiophene rings is 1. The molecule has 0 bridgehead atoms. The normalized spacial score (nSPS) is 24.0. The number of amides is 3. The molecule has 0 aliphatic carbocycles. The Morgan fingerprint density at radius 3 is 2.46 bits per heavy atom. The Morgan fingerprint density at radius 1 is 1.11 bits per heavy atom. The maximum Gasteiger partial charge on any atom is 0.325 e. The summed E-state index contributed by atoms with van der Waals surface area (Å²) in [6, 6.07) is 8.23. The molecule has 28 heavy (non-hydrogen) atoms. The van der Waals surface area contributed by atoms with Gasteiger partial charge in [-0.1, -0.05) is 12.1 Å². The molecule has 1 aromatic carbocycles. The van der Waals surface area contributed by atoms with Crippen molar-refractivity contribution in [1.29, 1.82) is 0 Å². The van der Waals surface area contributed by atoms with Gasteiger partial charge in [0.25, 0.3) is 5.91 Å². The summed E-state index contributed by atoms with van der Waals surface area (Å²) in [6.45, 7) is 4.67. The maximum atomic E-state index is 13.1. The number of nitrogens with zero attached hydrogens (tertiary/aromatic N) is 2. The summed E-state index contributed by atoms with van der Waals surface area (Å²) in [7, 11) is 0. The van der Waals surface area contributed by atoms with Crippen molar-refractivity contribution in [3.63, 3.8) is 0 Å². The Hall–Kier alpha value is -2.25. The van der Waals surface area contributed by atoms with Gasteiger partial charge in [-0.05, 0) is 78.9 Å². The minimum atomic E-state index is -0.838. The molecule has 7 heteroatoms. The molecular formula is C21H24FN3O2S. The summed E-state index contributed by atoms with van der Waals surface area (Å²) in [5.74, 6) is -0.237. The van der Waals surface area contributed by atoms with E-state index in [-0.39, 0.29) is 23.7 Å². The Bertz CT molecular complexity index is 847. The Labute approximate surface area is 168 Å². The zero-order valence-corrected chi connectivity index (χ0v) is 16.7. The van der Waals surface area contributed by atoms with Crippen molar-refractivity contribution in [3.8, 4) is 0 Å². The molecule has 1 unspecified atom stereocenters. The Balaban J connectivity index is 1.37. The SMILES string of the molecule is CC1(C2CCN(Cc3ccc(F)cc3)CC2)NC(=O)N(Cc2ccsc2)C1=O. The van der Waals surface area contributed by atoms with Crippen molar-refractivity contribution in [1.82, 2.24) is 15.1 Å². The number of nitrogens with one attached hydrogen (secondary N) is 1. The molecule has 2 aliphatic rings. The van der Waals surface area contributed by atoms with Crippen LogP contribution in [0.3, 0.4) is 0 Å². The zero-order valence-electron chi connectivity index (χ0n) is 15.9. The van der Waals surface area contributed by atoms with E-state index in [0.29, 0.717) is 6.54 Å². The van der Waals surface area contributed by atoms with E-state index in [1.807, 2.05) is 35.9 Å². The average molecular weight is 402 g/mol. The first-order chi connectivity index (χ1) is 13.5. The number of halogens is 1. The van der Waals surface area contributed by atoms with Gasteiger partial charge in [-0.3, -0.25) is 14.6 Å². The van der Waals surface area contributed by atoms with E-state index in [1.54, 1.807) is 11.3 Å². The largest absolute Gasteiger partial charge is 0.325 e. The first-order valence-electron chi connectivity index (χ1n) is 9.58. The monoisotopic (exact) mass is 401 g/mol. The lowest BCUT2D eigenvalue weighted by molar-refractivity contribution is -0.133. The highest BCUT2D eigenvalue weighted by atomic mass is 32.1. The number of carbonyl (C=O) groups is 2. The van der Waals surface area contributed by atoms with Gasteiger partial charge in [0.05, 0.1) is 6.54 Å². The summed E-state index contributed by atoms with van der Waals surface area (Å²) in [6.07, 6.45) is 1.69. The second-order valence-corrected chi connectivity index (χ2v) is 8.61. The van der Waals surface area contributed by atoms with Crippen molar-refractivity contribution in [3.05, 3.63) is 58.0 Å². The molecule has 0 spiro atoms. The van der Waals surface area contributed by atoms with E-state index in [0.717, 1.165) is 43.6 Å². The molecule has 4 rings (SSSR count). The van der Waals surface area contributed by atoms with E-state index in [9.17, 15) is 14.0 Å². The van der Waals surface area contributed by atoms with E-state index in [1.165, 1.54) is 17.0 Å². The van der Waals surface area contributed by atoms with Gasteiger partial charge < -0.3 is 5.32 Å². The van der Waals surface area contributed by atoms with Gasteiger partial charge in [-0.15, -0.1) is 0 Å². The number of likely N-dealkylation sites (tertiary alicyclic amines) is 1. The van der Waals surface area contributed by atoms with Gasteiger partial charge in [0.2, 0.25) is 0 Å². The smallest absolute Gasteiger partial charge is 0.323 e. The molecule has 2 fully saturated rings. The van der Waals surface area contributed by atoms with Crippen molar-refractivity contribution in [2.45, 2.75) is 38.4 Å². The quantitative estimate of drug-likeness (QED) is 0.779.